The molecule has 60 heavy (non-hydrogen) atoms. The molecule has 5 nitrogen and oxygen atoms in total. The second-order valence-corrected chi connectivity index (χ2v) is 16.1. The Morgan fingerprint density at radius 1 is 0.367 bits per heavy atom. The molecule has 280 valence electrons. The molecular weight excluding hydrogens is 751 g/mol. The van der Waals surface area contributed by atoms with E-state index < -0.39 is 0 Å². The quantitative estimate of drug-likeness (QED) is 0.169. The van der Waals surface area contributed by atoms with Gasteiger partial charge in [0, 0.05) is 65.1 Å². The lowest BCUT2D eigenvalue weighted by atomic mass is 9.97. The average molecular weight is 784 g/mol. The number of benzene rings is 8. The number of rotatable bonds is 6. The summed E-state index contributed by atoms with van der Waals surface area (Å²) in [5, 5.41) is 6.07. The minimum absolute atomic E-state index is 0.598. The van der Waals surface area contributed by atoms with E-state index in [0.29, 0.717) is 17.5 Å². The van der Waals surface area contributed by atoms with Gasteiger partial charge in [0.2, 0.25) is 0 Å². The maximum Gasteiger partial charge on any atom is 0.164 e. The van der Waals surface area contributed by atoms with Gasteiger partial charge in [-0.2, -0.15) is 0 Å². The van der Waals surface area contributed by atoms with Gasteiger partial charge in [0.25, 0.3) is 0 Å². The van der Waals surface area contributed by atoms with Gasteiger partial charge >= 0.3 is 0 Å². The Hall–Kier alpha value is -7.80. The van der Waals surface area contributed by atoms with Crippen LogP contribution in [-0.4, -0.2) is 24.5 Å². The van der Waals surface area contributed by atoms with E-state index in [1.54, 1.807) is 11.3 Å². The molecule has 12 rings (SSSR count). The molecule has 0 unspecified atom stereocenters. The lowest BCUT2D eigenvalue weighted by molar-refractivity contribution is 1.07. The number of aromatic nitrogens is 5. The third-order valence-electron chi connectivity index (χ3n) is 11.4. The van der Waals surface area contributed by atoms with Crippen LogP contribution in [0, 0.1) is 0 Å². The molecule has 0 saturated carbocycles. The zero-order valence-electron chi connectivity index (χ0n) is 32.2. The third kappa shape index (κ3) is 5.61. The van der Waals surface area contributed by atoms with Crippen LogP contribution in [0.4, 0.5) is 0 Å². The summed E-state index contributed by atoms with van der Waals surface area (Å²) in [5.74, 6) is 1.82. The molecule has 0 aliphatic heterocycles. The van der Waals surface area contributed by atoms with E-state index in [2.05, 4.69) is 187 Å². The van der Waals surface area contributed by atoms with Gasteiger partial charge < -0.3 is 4.57 Å². The molecule has 8 aromatic carbocycles. The van der Waals surface area contributed by atoms with Gasteiger partial charge in [0.15, 0.2) is 17.5 Å². The van der Waals surface area contributed by atoms with Crippen molar-refractivity contribution in [3.8, 4) is 62.2 Å². The second-order valence-electron chi connectivity index (χ2n) is 15.0. The smallest absolute Gasteiger partial charge is 0.164 e. The second kappa shape index (κ2) is 13.9. The maximum absolute atomic E-state index is 5.54. The van der Waals surface area contributed by atoms with Crippen LogP contribution in [0.1, 0.15) is 0 Å². The van der Waals surface area contributed by atoms with E-state index in [1.165, 1.54) is 26.2 Å². The zero-order chi connectivity index (χ0) is 39.6. The van der Waals surface area contributed by atoms with E-state index >= 15 is 0 Å². The fraction of sp³-hybridized carbons (Fsp3) is 0. The van der Waals surface area contributed by atoms with Gasteiger partial charge in [0.1, 0.15) is 0 Å². The van der Waals surface area contributed by atoms with Crippen molar-refractivity contribution in [1.29, 1.82) is 0 Å². The molecule has 0 amide bonds. The van der Waals surface area contributed by atoms with Crippen molar-refractivity contribution in [2.75, 3.05) is 0 Å². The highest BCUT2D eigenvalue weighted by Crippen LogP contribution is 2.45. The average Bonchev–Trinajstić information content (AvgIpc) is 3.88. The number of thiophene rings is 1. The van der Waals surface area contributed by atoms with Crippen LogP contribution in [0.3, 0.4) is 0 Å². The molecule has 12 aromatic rings. The predicted molar refractivity (Wildman–Crippen MR) is 250 cm³/mol. The number of nitrogens with zero attached hydrogens (tertiary/aromatic N) is 5. The summed E-state index contributed by atoms with van der Waals surface area (Å²) in [6.07, 6.45) is 0. The summed E-state index contributed by atoms with van der Waals surface area (Å²) in [7, 11) is 0. The van der Waals surface area contributed by atoms with Gasteiger partial charge in [-0.05, 0) is 42.0 Å². The van der Waals surface area contributed by atoms with Crippen molar-refractivity contribution in [1.82, 2.24) is 24.5 Å². The van der Waals surface area contributed by atoms with Crippen LogP contribution in [0.5, 0.6) is 0 Å². The Kier molecular flexibility index (Phi) is 7.96. The molecule has 0 bridgehead atoms. The van der Waals surface area contributed by atoms with E-state index in [1.807, 2.05) is 18.2 Å². The van der Waals surface area contributed by atoms with Gasteiger partial charge in [-0.3, -0.25) is 0 Å². The number of pyridine rings is 1. The minimum atomic E-state index is 0.598. The normalized spacial score (nSPS) is 11.7. The lowest BCUT2D eigenvalue weighted by Gasteiger charge is -2.13. The van der Waals surface area contributed by atoms with E-state index in [-0.39, 0.29) is 0 Å². The van der Waals surface area contributed by atoms with Crippen LogP contribution in [-0.2, 0) is 0 Å². The molecule has 0 atom stereocenters. The summed E-state index contributed by atoms with van der Waals surface area (Å²) in [6.45, 7) is 0. The van der Waals surface area contributed by atoms with Crippen LogP contribution in [0.15, 0.2) is 200 Å². The van der Waals surface area contributed by atoms with Gasteiger partial charge in [-0.25, -0.2) is 19.9 Å². The van der Waals surface area contributed by atoms with Crippen LogP contribution in [0.25, 0.3) is 115 Å². The number of fused-ring (bicyclic) bond motifs is 8. The summed E-state index contributed by atoms with van der Waals surface area (Å²) in [6, 6.07) is 70.1. The molecule has 0 radical (unpaired) electrons. The first-order valence-electron chi connectivity index (χ1n) is 20.1. The van der Waals surface area contributed by atoms with Crippen LogP contribution < -0.4 is 0 Å². The number of para-hydroxylation sites is 3. The fourth-order valence-electron chi connectivity index (χ4n) is 8.70. The van der Waals surface area contributed by atoms with Crippen molar-refractivity contribution in [2.24, 2.45) is 0 Å². The highest BCUT2D eigenvalue weighted by Gasteiger charge is 2.20. The first-order chi connectivity index (χ1) is 29.7. The Bertz CT molecular complexity index is 3560. The van der Waals surface area contributed by atoms with Crippen molar-refractivity contribution in [3.05, 3.63) is 200 Å². The maximum atomic E-state index is 5.54. The Balaban J connectivity index is 1.05. The van der Waals surface area contributed by atoms with E-state index in [0.717, 1.165) is 71.4 Å². The SMILES string of the molecule is c1ccc(-c2nc(-c3cccc(-c4nc5c(-c6ccccc6)cccc5c5c4sc4ccccc45)c3)nc(-c3cccc(-n4c5ccccc5c5ccccc54)c3)n2)cc1. The summed E-state index contributed by atoms with van der Waals surface area (Å²) in [4.78, 5) is 21.0. The van der Waals surface area contributed by atoms with E-state index in [9.17, 15) is 0 Å². The summed E-state index contributed by atoms with van der Waals surface area (Å²) >= 11 is 1.80. The Labute approximate surface area is 349 Å². The van der Waals surface area contributed by atoms with Gasteiger partial charge in [0.05, 0.1) is 26.9 Å². The minimum Gasteiger partial charge on any atom is -0.309 e. The summed E-state index contributed by atoms with van der Waals surface area (Å²) < 4.78 is 4.73. The van der Waals surface area contributed by atoms with Crippen molar-refractivity contribution in [2.45, 2.75) is 0 Å². The summed E-state index contributed by atoms with van der Waals surface area (Å²) in [5.41, 5.74) is 11.3. The van der Waals surface area contributed by atoms with Gasteiger partial charge in [-0.15, -0.1) is 11.3 Å². The van der Waals surface area contributed by atoms with E-state index in [4.69, 9.17) is 19.9 Å². The highest BCUT2D eigenvalue weighted by atomic mass is 32.1. The predicted octanol–water partition coefficient (Wildman–Crippen LogP) is 14.2. The molecule has 4 aromatic heterocycles. The van der Waals surface area contributed by atoms with Crippen molar-refractivity contribution in [3.63, 3.8) is 0 Å². The highest BCUT2D eigenvalue weighted by molar-refractivity contribution is 7.26. The Morgan fingerprint density at radius 2 is 0.883 bits per heavy atom. The number of hydrogen-bond acceptors (Lipinski definition) is 5. The van der Waals surface area contributed by atoms with Crippen LogP contribution >= 0.6 is 11.3 Å². The standard InChI is InChI=1S/C54H33N5S/c1-3-16-34(17-4-1)40-27-15-28-44-48-43-26-9-12-31-47(43)60-51(48)49(55-50(40)44)36-20-13-21-37(32-36)53-56-52(35-18-5-2-6-19-35)57-54(58-53)38-22-14-23-39(33-38)59-45-29-10-7-24-41(45)42-25-8-11-30-46(42)59/h1-33H. The molecule has 0 fully saturated rings. The third-order valence-corrected chi connectivity index (χ3v) is 12.6. The Morgan fingerprint density at radius 3 is 1.60 bits per heavy atom. The molecule has 4 heterocycles. The first-order valence-corrected chi connectivity index (χ1v) is 20.9. The largest absolute Gasteiger partial charge is 0.309 e. The van der Waals surface area contributed by atoms with Crippen molar-refractivity contribution >= 4 is 64.2 Å². The van der Waals surface area contributed by atoms with Gasteiger partial charge in [-0.1, -0.05) is 164 Å². The first kappa shape index (κ1) is 34.3. The molecule has 0 saturated heterocycles. The van der Waals surface area contributed by atoms with Crippen molar-refractivity contribution < 1.29 is 0 Å². The molecule has 0 spiro atoms. The number of hydrogen-bond donors (Lipinski definition) is 0. The fourth-order valence-corrected chi connectivity index (χ4v) is 9.92. The zero-order valence-corrected chi connectivity index (χ0v) is 33.0. The molecule has 0 aliphatic carbocycles. The topological polar surface area (TPSA) is 56.5 Å². The molecule has 0 N–H and O–H groups in total. The molecule has 6 heteroatoms. The molecular formula is C54H33N5S. The molecule has 0 aliphatic rings. The monoisotopic (exact) mass is 783 g/mol. The van der Waals surface area contributed by atoms with Crippen LogP contribution in [0.2, 0.25) is 0 Å². The lowest BCUT2D eigenvalue weighted by Crippen LogP contribution is -2.01.